The minimum absolute atomic E-state index is 0.0416. The van der Waals surface area contributed by atoms with E-state index >= 15 is 0 Å². The van der Waals surface area contributed by atoms with Gasteiger partial charge in [0.25, 0.3) is 11.5 Å². The van der Waals surface area contributed by atoms with Gasteiger partial charge in [0, 0.05) is 36.9 Å². The van der Waals surface area contributed by atoms with Gasteiger partial charge in [0.2, 0.25) is 5.89 Å². The molecule has 2 aromatic rings. The third kappa shape index (κ3) is 2.10. The summed E-state index contributed by atoms with van der Waals surface area (Å²) in [7, 11) is 0. The van der Waals surface area contributed by atoms with Crippen molar-refractivity contribution in [2.45, 2.75) is 56.8 Å². The number of aryl methyl sites for hydroxylation is 1. The molecule has 5 rings (SSSR count). The molecule has 1 saturated carbocycles. The van der Waals surface area contributed by atoms with Gasteiger partial charge in [-0.2, -0.15) is 4.98 Å². The molecule has 24 heavy (non-hydrogen) atoms. The van der Waals surface area contributed by atoms with Gasteiger partial charge in [-0.15, -0.1) is 0 Å². The molecule has 0 aromatic carbocycles. The highest BCUT2D eigenvalue weighted by atomic mass is 16.5. The van der Waals surface area contributed by atoms with E-state index in [4.69, 9.17) is 9.51 Å². The summed E-state index contributed by atoms with van der Waals surface area (Å²) in [5, 5.41) is 4.07. The number of aromatic amines is 1. The molecule has 7 heteroatoms. The highest BCUT2D eigenvalue weighted by Crippen LogP contribution is 2.45. The summed E-state index contributed by atoms with van der Waals surface area (Å²) in [5.74, 6) is 2.60. The van der Waals surface area contributed by atoms with Gasteiger partial charge in [-0.3, -0.25) is 4.79 Å². The lowest BCUT2D eigenvalue weighted by Crippen LogP contribution is -2.46. The van der Waals surface area contributed by atoms with Gasteiger partial charge in [0.1, 0.15) is 5.82 Å². The van der Waals surface area contributed by atoms with E-state index in [1.807, 2.05) is 6.92 Å². The third-order valence-electron chi connectivity index (χ3n) is 5.73. The third-order valence-corrected chi connectivity index (χ3v) is 5.73. The topological polar surface area (TPSA) is 87.9 Å². The van der Waals surface area contributed by atoms with Crippen molar-refractivity contribution in [1.29, 1.82) is 0 Å². The summed E-state index contributed by atoms with van der Waals surface area (Å²) in [5.41, 5.74) is 1.97. The average molecular weight is 327 g/mol. The van der Waals surface area contributed by atoms with Gasteiger partial charge in [0.15, 0.2) is 0 Å². The highest BCUT2D eigenvalue weighted by Gasteiger charge is 2.46. The minimum atomic E-state index is -0.0416. The first-order chi connectivity index (χ1) is 11.6. The SMILES string of the molecule is Cc1nc(N2CCCC3(CCc4c3nc(C3CC3)[nH]c4=O)C2)no1. The summed E-state index contributed by atoms with van der Waals surface area (Å²) in [6.07, 6.45) is 6.22. The summed E-state index contributed by atoms with van der Waals surface area (Å²) in [6, 6.07) is 0. The second-order valence-corrected chi connectivity index (χ2v) is 7.47. The highest BCUT2D eigenvalue weighted by molar-refractivity contribution is 5.40. The van der Waals surface area contributed by atoms with Gasteiger partial charge in [0.05, 0.1) is 5.69 Å². The maximum atomic E-state index is 12.5. The number of hydrogen-bond donors (Lipinski definition) is 1. The zero-order valence-electron chi connectivity index (χ0n) is 13.8. The summed E-state index contributed by atoms with van der Waals surface area (Å²) in [4.78, 5) is 27.0. The molecule has 1 spiro atoms. The van der Waals surface area contributed by atoms with Crippen LogP contribution in [0.2, 0.25) is 0 Å². The lowest BCUT2D eigenvalue weighted by molar-refractivity contribution is 0.327. The molecular weight excluding hydrogens is 306 g/mol. The molecular formula is C17H21N5O2. The lowest BCUT2D eigenvalue weighted by Gasteiger charge is -2.39. The molecule has 1 atom stereocenters. The Balaban J connectivity index is 1.54. The van der Waals surface area contributed by atoms with Crippen molar-refractivity contribution in [3.8, 4) is 0 Å². The van der Waals surface area contributed by atoms with Crippen molar-refractivity contribution in [3.63, 3.8) is 0 Å². The first-order valence-corrected chi connectivity index (χ1v) is 8.83. The van der Waals surface area contributed by atoms with Crippen LogP contribution in [0, 0.1) is 6.92 Å². The molecule has 2 aliphatic carbocycles. The predicted octanol–water partition coefficient (Wildman–Crippen LogP) is 1.82. The fraction of sp³-hybridized carbons (Fsp3) is 0.647. The lowest BCUT2D eigenvalue weighted by atomic mass is 9.77. The number of nitrogens with zero attached hydrogens (tertiary/aromatic N) is 4. The Kier molecular flexibility index (Phi) is 2.90. The van der Waals surface area contributed by atoms with Gasteiger partial charge < -0.3 is 14.4 Å². The van der Waals surface area contributed by atoms with E-state index in [0.717, 1.165) is 68.7 Å². The molecule has 1 N–H and O–H groups in total. The summed E-state index contributed by atoms with van der Waals surface area (Å²) >= 11 is 0. The van der Waals surface area contributed by atoms with Crippen LogP contribution in [0.5, 0.6) is 0 Å². The molecule has 3 aliphatic rings. The Bertz CT molecular complexity index is 853. The molecule has 0 radical (unpaired) electrons. The molecule has 0 amide bonds. The first-order valence-electron chi connectivity index (χ1n) is 8.83. The molecule has 3 heterocycles. The number of anilines is 1. The van der Waals surface area contributed by atoms with E-state index in [2.05, 4.69) is 20.0 Å². The minimum Gasteiger partial charge on any atom is -0.338 e. The van der Waals surface area contributed by atoms with Crippen LogP contribution in [0.25, 0.3) is 0 Å². The van der Waals surface area contributed by atoms with Crippen LogP contribution in [0.1, 0.15) is 61.0 Å². The van der Waals surface area contributed by atoms with E-state index < -0.39 is 0 Å². The molecule has 7 nitrogen and oxygen atoms in total. The fourth-order valence-electron chi connectivity index (χ4n) is 4.34. The van der Waals surface area contributed by atoms with E-state index in [0.29, 0.717) is 17.8 Å². The number of fused-ring (bicyclic) bond motifs is 2. The van der Waals surface area contributed by atoms with Crippen molar-refractivity contribution >= 4 is 5.95 Å². The van der Waals surface area contributed by atoms with Crippen molar-refractivity contribution in [2.75, 3.05) is 18.0 Å². The number of H-pyrrole nitrogens is 1. The van der Waals surface area contributed by atoms with Crippen molar-refractivity contribution in [1.82, 2.24) is 20.1 Å². The number of nitrogens with one attached hydrogen (secondary N) is 1. The molecule has 126 valence electrons. The standard InChI is InChI=1S/C17H21N5O2/c1-10-18-16(21-24-10)22-8-2-6-17(9-22)7-5-12-13(17)19-14(11-3-4-11)20-15(12)23/h11H,2-9H2,1H3,(H,19,20,23). The van der Waals surface area contributed by atoms with E-state index in [1.165, 1.54) is 0 Å². The normalized spacial score (nSPS) is 26.1. The van der Waals surface area contributed by atoms with Crippen LogP contribution in [-0.4, -0.2) is 33.2 Å². The zero-order valence-corrected chi connectivity index (χ0v) is 13.8. The maximum absolute atomic E-state index is 12.5. The first kappa shape index (κ1) is 14.2. The number of piperidine rings is 1. The molecule has 1 unspecified atom stereocenters. The van der Waals surface area contributed by atoms with E-state index in [9.17, 15) is 4.79 Å². The summed E-state index contributed by atoms with van der Waals surface area (Å²) < 4.78 is 5.14. The monoisotopic (exact) mass is 327 g/mol. The predicted molar refractivity (Wildman–Crippen MR) is 87.3 cm³/mol. The number of rotatable bonds is 2. The zero-order chi connectivity index (χ0) is 16.3. The smallest absolute Gasteiger partial charge is 0.266 e. The van der Waals surface area contributed by atoms with Crippen LogP contribution in [0.4, 0.5) is 5.95 Å². The van der Waals surface area contributed by atoms with Crippen LogP contribution >= 0.6 is 0 Å². The Morgan fingerprint density at radius 1 is 1.29 bits per heavy atom. The largest absolute Gasteiger partial charge is 0.338 e. The van der Waals surface area contributed by atoms with Crippen LogP contribution in [0.3, 0.4) is 0 Å². The summed E-state index contributed by atoms with van der Waals surface area (Å²) in [6.45, 7) is 3.55. The van der Waals surface area contributed by atoms with Crippen molar-refractivity contribution < 1.29 is 4.52 Å². The Morgan fingerprint density at radius 2 is 2.17 bits per heavy atom. The van der Waals surface area contributed by atoms with Gasteiger partial charge in [-0.25, -0.2) is 4.98 Å². The van der Waals surface area contributed by atoms with Crippen molar-refractivity contribution in [2.24, 2.45) is 0 Å². The van der Waals surface area contributed by atoms with E-state index in [1.54, 1.807) is 0 Å². The Labute approximate surface area is 139 Å². The van der Waals surface area contributed by atoms with E-state index in [-0.39, 0.29) is 11.0 Å². The maximum Gasteiger partial charge on any atom is 0.266 e. The molecule has 1 aliphatic heterocycles. The van der Waals surface area contributed by atoms with Crippen molar-refractivity contribution in [3.05, 3.63) is 33.3 Å². The molecule has 0 bridgehead atoms. The van der Waals surface area contributed by atoms with Gasteiger partial charge in [-0.1, -0.05) is 0 Å². The number of hydrogen-bond acceptors (Lipinski definition) is 6. The molecule has 2 fully saturated rings. The van der Waals surface area contributed by atoms with Crippen LogP contribution in [0.15, 0.2) is 9.32 Å². The van der Waals surface area contributed by atoms with Crippen LogP contribution < -0.4 is 10.5 Å². The number of aromatic nitrogens is 4. The molecule has 1 saturated heterocycles. The molecule has 2 aromatic heterocycles. The average Bonchev–Trinajstić information content (AvgIpc) is 3.26. The van der Waals surface area contributed by atoms with Crippen LogP contribution in [-0.2, 0) is 11.8 Å². The second-order valence-electron chi connectivity index (χ2n) is 7.47. The quantitative estimate of drug-likeness (QED) is 0.905. The van der Waals surface area contributed by atoms with Gasteiger partial charge >= 0.3 is 0 Å². The fourth-order valence-corrected chi connectivity index (χ4v) is 4.34. The second kappa shape index (κ2) is 4.91. The van der Waals surface area contributed by atoms with Gasteiger partial charge in [-0.05, 0) is 43.7 Å². The Hall–Kier alpha value is -2.18. The Morgan fingerprint density at radius 3 is 2.92 bits per heavy atom.